The third-order valence-electron chi connectivity index (χ3n) is 1.83. The van der Waals surface area contributed by atoms with Crippen LogP contribution in [0.5, 0.6) is 0 Å². The molecule has 0 aromatic carbocycles. The minimum Gasteiger partial charge on any atom is -0.307 e. The number of hydrogen-bond donors (Lipinski definition) is 1. The van der Waals surface area contributed by atoms with Gasteiger partial charge in [0, 0.05) is 0 Å². The lowest BCUT2D eigenvalue weighted by Gasteiger charge is -2.12. The molecule has 0 amide bonds. The molecule has 72 valence electrons. The highest BCUT2D eigenvalue weighted by molar-refractivity contribution is 7.07. The molecule has 13 heavy (non-hydrogen) atoms. The highest BCUT2D eigenvalue weighted by Gasteiger charge is 2.06. The van der Waals surface area contributed by atoms with Crippen LogP contribution >= 0.6 is 11.3 Å². The van der Waals surface area contributed by atoms with Gasteiger partial charge in [-0.25, -0.2) is 0 Å². The van der Waals surface area contributed by atoms with Crippen molar-refractivity contribution >= 4 is 11.3 Å². The zero-order chi connectivity index (χ0) is 9.68. The molecule has 1 unspecified atom stereocenters. The summed E-state index contributed by atoms with van der Waals surface area (Å²) in [6.45, 7) is 7.41. The average Bonchev–Trinajstić information content (AvgIpc) is 2.54. The quantitative estimate of drug-likeness (QED) is 0.726. The topological polar surface area (TPSA) is 12.0 Å². The van der Waals surface area contributed by atoms with Gasteiger partial charge in [-0.1, -0.05) is 18.6 Å². The molecule has 0 fully saturated rings. The highest BCUT2D eigenvalue weighted by Crippen LogP contribution is 2.18. The molecule has 1 aromatic rings. The van der Waals surface area contributed by atoms with Gasteiger partial charge in [0.25, 0.3) is 0 Å². The van der Waals surface area contributed by atoms with Crippen LogP contribution in [0.1, 0.15) is 32.4 Å². The van der Waals surface area contributed by atoms with E-state index < -0.39 is 0 Å². The third kappa shape index (κ3) is 3.33. The molecule has 1 aromatic heterocycles. The van der Waals surface area contributed by atoms with E-state index in [1.54, 1.807) is 11.3 Å². The SMILES string of the molecule is CCNC(C=C(C)C)c1ccsc1. The van der Waals surface area contributed by atoms with E-state index in [9.17, 15) is 0 Å². The van der Waals surface area contributed by atoms with E-state index in [-0.39, 0.29) is 0 Å². The monoisotopic (exact) mass is 195 g/mol. The molecular weight excluding hydrogens is 178 g/mol. The molecule has 0 aliphatic carbocycles. The molecule has 0 spiro atoms. The van der Waals surface area contributed by atoms with Gasteiger partial charge in [-0.05, 0) is 42.8 Å². The fraction of sp³-hybridized carbons (Fsp3) is 0.455. The van der Waals surface area contributed by atoms with Crippen molar-refractivity contribution in [3.63, 3.8) is 0 Å². The minimum atomic E-state index is 0.390. The summed E-state index contributed by atoms with van der Waals surface area (Å²) in [5, 5.41) is 7.77. The van der Waals surface area contributed by atoms with Crippen molar-refractivity contribution in [3.8, 4) is 0 Å². The number of nitrogens with one attached hydrogen (secondary N) is 1. The normalized spacial score (nSPS) is 12.5. The first kappa shape index (κ1) is 10.5. The molecule has 0 aliphatic heterocycles. The van der Waals surface area contributed by atoms with Gasteiger partial charge in [0.05, 0.1) is 6.04 Å². The lowest BCUT2D eigenvalue weighted by molar-refractivity contribution is 0.646. The smallest absolute Gasteiger partial charge is 0.0516 e. The van der Waals surface area contributed by atoms with Gasteiger partial charge in [-0.15, -0.1) is 0 Å². The zero-order valence-corrected chi connectivity index (χ0v) is 9.32. The number of thiophene rings is 1. The maximum atomic E-state index is 3.45. The van der Waals surface area contributed by atoms with E-state index in [4.69, 9.17) is 0 Å². The highest BCUT2D eigenvalue weighted by atomic mass is 32.1. The van der Waals surface area contributed by atoms with E-state index in [1.165, 1.54) is 11.1 Å². The average molecular weight is 195 g/mol. The van der Waals surface area contributed by atoms with E-state index in [0.717, 1.165) is 6.54 Å². The summed E-state index contributed by atoms with van der Waals surface area (Å²) in [5.41, 5.74) is 2.73. The fourth-order valence-corrected chi connectivity index (χ4v) is 1.97. The summed E-state index contributed by atoms with van der Waals surface area (Å²) in [5.74, 6) is 0. The Morgan fingerprint density at radius 2 is 2.38 bits per heavy atom. The standard InChI is InChI=1S/C11H17NS/c1-4-12-11(7-9(2)3)10-5-6-13-8-10/h5-8,11-12H,4H2,1-3H3. The number of likely N-dealkylation sites (N-methyl/N-ethyl adjacent to an activating group) is 1. The van der Waals surface area contributed by atoms with Gasteiger partial charge in [-0.2, -0.15) is 11.3 Å². The second-order valence-electron chi connectivity index (χ2n) is 3.34. The predicted octanol–water partition coefficient (Wildman–Crippen LogP) is 3.36. The van der Waals surface area contributed by atoms with Gasteiger partial charge in [-0.3, -0.25) is 0 Å². The van der Waals surface area contributed by atoms with Crippen LogP contribution in [0.4, 0.5) is 0 Å². The summed E-state index contributed by atoms with van der Waals surface area (Å²) in [7, 11) is 0. The van der Waals surface area contributed by atoms with Crippen LogP contribution in [-0.4, -0.2) is 6.54 Å². The van der Waals surface area contributed by atoms with Crippen LogP contribution in [0.25, 0.3) is 0 Å². The van der Waals surface area contributed by atoms with Gasteiger partial charge >= 0.3 is 0 Å². The first-order valence-corrected chi connectivity index (χ1v) is 5.58. The Labute approximate surface area is 84.5 Å². The second kappa shape index (κ2) is 5.20. The Kier molecular flexibility index (Phi) is 4.19. The summed E-state index contributed by atoms with van der Waals surface area (Å²) in [6, 6.07) is 2.57. The lowest BCUT2D eigenvalue weighted by atomic mass is 10.1. The molecule has 0 bridgehead atoms. The Morgan fingerprint density at radius 1 is 1.62 bits per heavy atom. The van der Waals surface area contributed by atoms with Crippen molar-refractivity contribution in [3.05, 3.63) is 34.0 Å². The van der Waals surface area contributed by atoms with Gasteiger partial charge < -0.3 is 5.32 Å². The van der Waals surface area contributed by atoms with Crippen LogP contribution in [0.3, 0.4) is 0 Å². The Bertz CT molecular complexity index is 258. The Hall–Kier alpha value is -0.600. The molecule has 1 heterocycles. The van der Waals surface area contributed by atoms with Crippen molar-refractivity contribution in [1.82, 2.24) is 5.32 Å². The van der Waals surface area contributed by atoms with Crippen molar-refractivity contribution in [2.24, 2.45) is 0 Å². The van der Waals surface area contributed by atoms with E-state index in [0.29, 0.717) is 6.04 Å². The van der Waals surface area contributed by atoms with Crippen LogP contribution in [0.15, 0.2) is 28.5 Å². The predicted molar refractivity (Wildman–Crippen MR) is 60.2 cm³/mol. The first-order chi connectivity index (χ1) is 6.24. The third-order valence-corrected chi connectivity index (χ3v) is 2.53. The van der Waals surface area contributed by atoms with Crippen molar-refractivity contribution < 1.29 is 0 Å². The van der Waals surface area contributed by atoms with Crippen LogP contribution in [-0.2, 0) is 0 Å². The molecule has 2 heteroatoms. The Balaban J connectivity index is 2.74. The van der Waals surface area contributed by atoms with Gasteiger partial charge in [0.2, 0.25) is 0 Å². The maximum absolute atomic E-state index is 3.45. The van der Waals surface area contributed by atoms with Crippen LogP contribution in [0.2, 0.25) is 0 Å². The molecule has 0 saturated heterocycles. The van der Waals surface area contributed by atoms with E-state index in [2.05, 4.69) is 49.0 Å². The van der Waals surface area contributed by atoms with Crippen LogP contribution < -0.4 is 5.32 Å². The number of hydrogen-bond acceptors (Lipinski definition) is 2. The molecular formula is C11H17NS. The molecule has 0 aliphatic rings. The number of allylic oxidation sites excluding steroid dienone is 1. The molecule has 0 saturated carbocycles. The van der Waals surface area contributed by atoms with Crippen molar-refractivity contribution in [2.75, 3.05) is 6.54 Å². The van der Waals surface area contributed by atoms with Gasteiger partial charge in [0.15, 0.2) is 0 Å². The summed E-state index contributed by atoms with van der Waals surface area (Å²) < 4.78 is 0. The van der Waals surface area contributed by atoms with Crippen molar-refractivity contribution in [1.29, 1.82) is 0 Å². The molecule has 1 rings (SSSR count). The minimum absolute atomic E-state index is 0.390. The van der Waals surface area contributed by atoms with E-state index >= 15 is 0 Å². The summed E-state index contributed by atoms with van der Waals surface area (Å²) >= 11 is 1.75. The zero-order valence-electron chi connectivity index (χ0n) is 8.50. The Morgan fingerprint density at radius 3 is 2.85 bits per heavy atom. The second-order valence-corrected chi connectivity index (χ2v) is 4.12. The first-order valence-electron chi connectivity index (χ1n) is 4.64. The molecule has 1 N–H and O–H groups in total. The van der Waals surface area contributed by atoms with Crippen LogP contribution in [0, 0.1) is 0 Å². The van der Waals surface area contributed by atoms with Crippen molar-refractivity contribution in [2.45, 2.75) is 26.8 Å². The van der Waals surface area contributed by atoms with E-state index in [1.807, 2.05) is 0 Å². The maximum Gasteiger partial charge on any atom is 0.0516 e. The number of rotatable bonds is 4. The van der Waals surface area contributed by atoms with Gasteiger partial charge in [0.1, 0.15) is 0 Å². The lowest BCUT2D eigenvalue weighted by Crippen LogP contribution is -2.18. The molecule has 1 atom stereocenters. The fourth-order valence-electron chi connectivity index (χ4n) is 1.28. The molecule has 0 radical (unpaired) electrons. The largest absolute Gasteiger partial charge is 0.307 e. The molecule has 1 nitrogen and oxygen atoms in total. The summed E-state index contributed by atoms with van der Waals surface area (Å²) in [6.07, 6.45) is 2.27. The summed E-state index contributed by atoms with van der Waals surface area (Å²) in [4.78, 5) is 0.